The van der Waals surface area contributed by atoms with Crippen molar-refractivity contribution >= 4 is 21.9 Å². The van der Waals surface area contributed by atoms with E-state index in [1.807, 2.05) is 42.6 Å². The number of aryl methyl sites for hydroxylation is 1. The van der Waals surface area contributed by atoms with Crippen LogP contribution in [0.4, 0.5) is 0 Å². The first-order valence-corrected chi connectivity index (χ1v) is 11.7. The van der Waals surface area contributed by atoms with Crippen molar-refractivity contribution in [2.45, 2.75) is 59.2 Å². The summed E-state index contributed by atoms with van der Waals surface area (Å²) in [5, 5.41) is 1.58. The van der Waals surface area contributed by atoms with Crippen LogP contribution in [0.2, 0.25) is 0 Å². The summed E-state index contributed by atoms with van der Waals surface area (Å²) >= 11 is 0. The largest absolute Gasteiger partial charge is 0.453 e. The standard InChI is InChI=1S/C31H32N2O/c1-19-17-25-23-9-8-10-24(26-18-22(15-16-32-26)31(5,6)7)28(23)34-29(25)27(33-19)20-11-13-21(14-12-20)30(2,3)4/h8-18H,1-7H3/i1D3. The van der Waals surface area contributed by atoms with E-state index in [9.17, 15) is 0 Å². The highest BCUT2D eigenvalue weighted by Gasteiger charge is 2.20. The third-order valence-electron chi connectivity index (χ3n) is 6.41. The SMILES string of the molecule is [2H]C([2H])([2H])c1cc2c(oc3c(-c4cc(C(C)(C)C)ccn4)cccc32)c(-c2ccc(C(C)(C)C)cc2)n1. The fourth-order valence-electron chi connectivity index (χ4n) is 4.37. The van der Waals surface area contributed by atoms with Gasteiger partial charge in [0.1, 0.15) is 11.3 Å². The Hall–Kier alpha value is -3.46. The predicted octanol–water partition coefficient (Wildman–Crippen LogP) is 8.61. The zero-order valence-corrected chi connectivity index (χ0v) is 20.7. The van der Waals surface area contributed by atoms with Gasteiger partial charge in [-0.15, -0.1) is 0 Å². The summed E-state index contributed by atoms with van der Waals surface area (Å²) in [6, 6.07) is 19.8. The first-order chi connectivity index (χ1) is 17.2. The molecule has 3 nitrogen and oxygen atoms in total. The van der Waals surface area contributed by atoms with E-state index in [1.54, 1.807) is 6.07 Å². The third kappa shape index (κ3) is 3.90. The molecule has 34 heavy (non-hydrogen) atoms. The molecule has 0 radical (unpaired) electrons. The molecule has 0 aliphatic rings. The van der Waals surface area contributed by atoms with Crippen molar-refractivity contribution in [2.24, 2.45) is 0 Å². The van der Waals surface area contributed by atoms with Crippen LogP contribution >= 0.6 is 0 Å². The van der Waals surface area contributed by atoms with Gasteiger partial charge in [0.2, 0.25) is 0 Å². The highest BCUT2D eigenvalue weighted by molar-refractivity contribution is 6.12. The predicted molar refractivity (Wildman–Crippen MR) is 142 cm³/mol. The van der Waals surface area contributed by atoms with Gasteiger partial charge >= 0.3 is 0 Å². The van der Waals surface area contributed by atoms with Crippen LogP contribution in [0.15, 0.2) is 71.3 Å². The van der Waals surface area contributed by atoms with E-state index in [4.69, 9.17) is 8.53 Å². The van der Waals surface area contributed by atoms with Crippen molar-refractivity contribution in [1.29, 1.82) is 0 Å². The van der Waals surface area contributed by atoms with Gasteiger partial charge in [-0.1, -0.05) is 77.9 Å². The molecule has 3 heterocycles. The van der Waals surface area contributed by atoms with E-state index in [1.165, 1.54) is 11.1 Å². The van der Waals surface area contributed by atoms with Crippen molar-refractivity contribution in [3.63, 3.8) is 0 Å². The number of nitrogens with zero attached hydrogens (tertiary/aromatic N) is 2. The van der Waals surface area contributed by atoms with Crippen molar-refractivity contribution in [2.75, 3.05) is 0 Å². The Bertz CT molecular complexity index is 1620. The third-order valence-corrected chi connectivity index (χ3v) is 6.41. The molecule has 0 fully saturated rings. The number of benzene rings is 2. The molecule has 5 aromatic rings. The second-order valence-electron chi connectivity index (χ2n) is 11.0. The summed E-state index contributed by atoms with van der Waals surface area (Å²) in [6.07, 6.45) is 1.83. The molecule has 5 rings (SSSR count). The van der Waals surface area contributed by atoms with Crippen LogP contribution < -0.4 is 0 Å². The molecule has 3 aromatic heterocycles. The normalized spacial score (nSPS) is 14.2. The summed E-state index contributed by atoms with van der Waals surface area (Å²) in [6.45, 7) is 10.7. The second kappa shape index (κ2) is 7.80. The minimum Gasteiger partial charge on any atom is -0.453 e. The van der Waals surface area contributed by atoms with E-state index in [0.29, 0.717) is 16.9 Å². The molecule has 2 aromatic carbocycles. The van der Waals surface area contributed by atoms with Crippen molar-refractivity contribution in [3.8, 4) is 22.5 Å². The summed E-state index contributed by atoms with van der Waals surface area (Å²) in [4.78, 5) is 9.25. The van der Waals surface area contributed by atoms with E-state index in [-0.39, 0.29) is 16.5 Å². The number of fused-ring (bicyclic) bond motifs is 3. The molecule has 0 N–H and O–H groups in total. The molecule has 0 atom stereocenters. The van der Waals surface area contributed by atoms with Gasteiger partial charge in [0.05, 0.1) is 5.69 Å². The maximum absolute atomic E-state index is 8.07. The van der Waals surface area contributed by atoms with Crippen molar-refractivity contribution in [3.05, 3.63) is 83.7 Å². The number of rotatable bonds is 2. The Morgan fingerprint density at radius 3 is 2.18 bits per heavy atom. The van der Waals surface area contributed by atoms with Gasteiger partial charge < -0.3 is 4.42 Å². The summed E-state index contributed by atoms with van der Waals surface area (Å²) in [7, 11) is 0. The van der Waals surface area contributed by atoms with E-state index in [2.05, 4.69) is 69.7 Å². The lowest BCUT2D eigenvalue weighted by Gasteiger charge is -2.19. The topological polar surface area (TPSA) is 38.9 Å². The molecule has 0 aliphatic heterocycles. The first kappa shape index (κ1) is 18.9. The smallest absolute Gasteiger partial charge is 0.161 e. The summed E-state index contributed by atoms with van der Waals surface area (Å²) < 4.78 is 30.7. The molecule has 0 aliphatic carbocycles. The Morgan fingerprint density at radius 2 is 1.50 bits per heavy atom. The molecule has 0 bridgehead atoms. The Morgan fingerprint density at radius 1 is 0.765 bits per heavy atom. The highest BCUT2D eigenvalue weighted by atomic mass is 16.3. The van der Waals surface area contributed by atoms with Gasteiger partial charge in [0.15, 0.2) is 5.58 Å². The van der Waals surface area contributed by atoms with Crippen LogP contribution in [0.25, 0.3) is 44.5 Å². The van der Waals surface area contributed by atoms with E-state index < -0.39 is 6.85 Å². The molecule has 0 saturated heterocycles. The van der Waals surface area contributed by atoms with Crippen molar-refractivity contribution < 1.29 is 8.53 Å². The van der Waals surface area contributed by atoms with Gasteiger partial charge in [0, 0.05) is 37.9 Å². The molecule has 172 valence electrons. The number of hydrogen-bond donors (Lipinski definition) is 0. The minimum atomic E-state index is -2.35. The molecular weight excluding hydrogens is 416 g/mol. The van der Waals surface area contributed by atoms with Crippen LogP contribution in [0.3, 0.4) is 0 Å². The zero-order chi connectivity index (χ0) is 26.8. The first-order valence-electron chi connectivity index (χ1n) is 13.2. The molecular formula is C31H32N2O. The fraction of sp³-hybridized carbons (Fsp3) is 0.290. The highest BCUT2D eigenvalue weighted by Crippen LogP contribution is 2.40. The average molecular weight is 452 g/mol. The summed E-state index contributed by atoms with van der Waals surface area (Å²) in [5.74, 6) is 0. The van der Waals surface area contributed by atoms with Gasteiger partial charge in [-0.2, -0.15) is 0 Å². The van der Waals surface area contributed by atoms with Gasteiger partial charge in [0.25, 0.3) is 0 Å². The number of furan rings is 1. The second-order valence-corrected chi connectivity index (χ2v) is 11.0. The van der Waals surface area contributed by atoms with Crippen LogP contribution in [-0.4, -0.2) is 9.97 Å². The average Bonchev–Trinajstić information content (AvgIpc) is 3.21. The van der Waals surface area contributed by atoms with Crippen LogP contribution in [-0.2, 0) is 10.8 Å². The lowest BCUT2D eigenvalue weighted by atomic mass is 9.86. The Kier molecular flexibility index (Phi) is 4.34. The van der Waals surface area contributed by atoms with Gasteiger partial charge in [-0.25, -0.2) is 4.98 Å². The molecule has 0 unspecified atom stereocenters. The van der Waals surface area contributed by atoms with E-state index >= 15 is 0 Å². The Labute approximate surface area is 206 Å². The summed E-state index contributed by atoms with van der Waals surface area (Å²) in [5.41, 5.74) is 6.68. The molecule has 0 amide bonds. The zero-order valence-electron chi connectivity index (χ0n) is 23.7. The van der Waals surface area contributed by atoms with Crippen LogP contribution in [0.1, 0.15) is 62.5 Å². The van der Waals surface area contributed by atoms with Crippen LogP contribution in [0, 0.1) is 6.85 Å². The Balaban J connectivity index is 1.79. The minimum absolute atomic E-state index is 0.00464. The molecule has 0 saturated carbocycles. The number of para-hydroxylation sites is 1. The van der Waals surface area contributed by atoms with E-state index in [0.717, 1.165) is 27.6 Å². The molecule has 0 spiro atoms. The lowest BCUT2D eigenvalue weighted by molar-refractivity contribution is 0.589. The maximum atomic E-state index is 8.07. The number of aromatic nitrogens is 2. The maximum Gasteiger partial charge on any atom is 0.161 e. The lowest BCUT2D eigenvalue weighted by Crippen LogP contribution is -2.11. The monoisotopic (exact) mass is 451 g/mol. The van der Waals surface area contributed by atoms with Crippen LogP contribution in [0.5, 0.6) is 0 Å². The number of hydrogen-bond acceptors (Lipinski definition) is 3. The van der Waals surface area contributed by atoms with Gasteiger partial charge in [-0.05, 0) is 53.1 Å². The molecule has 3 heteroatoms. The fourth-order valence-corrected chi connectivity index (χ4v) is 4.37. The number of pyridine rings is 2. The van der Waals surface area contributed by atoms with Crippen molar-refractivity contribution in [1.82, 2.24) is 9.97 Å². The quantitative estimate of drug-likeness (QED) is 0.270. The van der Waals surface area contributed by atoms with Gasteiger partial charge in [-0.3, -0.25) is 4.98 Å².